The molecule has 0 radical (unpaired) electrons. The van der Waals surface area contributed by atoms with E-state index in [4.69, 9.17) is 4.79 Å². The van der Waals surface area contributed by atoms with Gasteiger partial charge in [0.25, 0.3) is 0 Å². The zero-order valence-electron chi connectivity index (χ0n) is 7.92. The Morgan fingerprint density at radius 1 is 1.27 bits per heavy atom. The van der Waals surface area contributed by atoms with E-state index in [2.05, 4.69) is 45.1 Å². The van der Waals surface area contributed by atoms with Gasteiger partial charge in [0.1, 0.15) is 0 Å². The third-order valence-corrected chi connectivity index (χ3v) is 1.06. The lowest BCUT2D eigenvalue weighted by Crippen LogP contribution is -2.02. The SMILES string of the molecule is CCC(C)(C)C.NC=O.NN. The van der Waals surface area contributed by atoms with Gasteiger partial charge in [-0.15, -0.1) is 0 Å². The van der Waals surface area contributed by atoms with Crippen molar-refractivity contribution in [2.24, 2.45) is 22.8 Å². The molecular weight excluding hydrogens is 142 g/mol. The van der Waals surface area contributed by atoms with E-state index in [1.54, 1.807) is 0 Å². The smallest absolute Gasteiger partial charge is 0.204 e. The highest BCUT2D eigenvalue weighted by Gasteiger charge is 2.03. The molecule has 0 aromatic heterocycles. The Hall–Kier alpha value is -0.610. The summed E-state index contributed by atoms with van der Waals surface area (Å²) < 4.78 is 0. The van der Waals surface area contributed by atoms with Gasteiger partial charge in [0.2, 0.25) is 6.41 Å². The molecule has 0 aliphatic rings. The molecule has 1 amide bonds. The molecule has 0 fully saturated rings. The molecular formula is C7H21N3O. The van der Waals surface area contributed by atoms with Crippen molar-refractivity contribution in [2.45, 2.75) is 34.1 Å². The monoisotopic (exact) mass is 163 g/mol. The minimum absolute atomic E-state index is 0.250. The summed E-state index contributed by atoms with van der Waals surface area (Å²) in [5.74, 6) is 8.00. The fraction of sp³-hybridized carbons (Fsp3) is 0.857. The van der Waals surface area contributed by atoms with Crippen LogP contribution < -0.4 is 17.4 Å². The molecule has 0 aromatic rings. The molecule has 0 spiro atoms. The van der Waals surface area contributed by atoms with Crippen LogP contribution >= 0.6 is 0 Å². The van der Waals surface area contributed by atoms with Crippen LogP contribution in [0.15, 0.2) is 0 Å². The minimum atomic E-state index is 0.250. The lowest BCUT2D eigenvalue weighted by Gasteiger charge is -2.12. The second kappa shape index (κ2) is 12.1. The molecule has 0 bridgehead atoms. The second-order valence-electron chi connectivity index (χ2n) is 3.05. The minimum Gasteiger partial charge on any atom is -0.372 e. The van der Waals surface area contributed by atoms with Crippen molar-refractivity contribution in [3.63, 3.8) is 0 Å². The number of rotatable bonds is 0. The van der Waals surface area contributed by atoms with Gasteiger partial charge in [-0.05, 0) is 5.41 Å². The van der Waals surface area contributed by atoms with E-state index in [0.29, 0.717) is 5.41 Å². The van der Waals surface area contributed by atoms with Crippen LogP contribution in [-0.4, -0.2) is 6.41 Å². The maximum absolute atomic E-state index is 8.58. The molecule has 4 nitrogen and oxygen atoms in total. The Bertz CT molecular complexity index is 68.6. The van der Waals surface area contributed by atoms with Crippen molar-refractivity contribution in [3.8, 4) is 0 Å². The molecule has 0 aliphatic carbocycles. The number of hydrogen-bond donors (Lipinski definition) is 3. The maximum atomic E-state index is 8.58. The zero-order chi connectivity index (χ0) is 9.91. The van der Waals surface area contributed by atoms with Crippen molar-refractivity contribution in [1.82, 2.24) is 0 Å². The first kappa shape index (κ1) is 16.8. The molecule has 0 atom stereocenters. The van der Waals surface area contributed by atoms with Crippen LogP contribution in [0.4, 0.5) is 0 Å². The number of nitrogens with two attached hydrogens (primary N) is 3. The van der Waals surface area contributed by atoms with Crippen molar-refractivity contribution < 1.29 is 4.79 Å². The largest absolute Gasteiger partial charge is 0.372 e. The number of hydrazine groups is 1. The summed E-state index contributed by atoms with van der Waals surface area (Å²) in [5, 5.41) is 0. The number of carbonyl (C=O) groups is 1. The lowest BCUT2D eigenvalue weighted by molar-refractivity contribution is -0.106. The number of carbonyl (C=O) groups excluding carboxylic acids is 1. The van der Waals surface area contributed by atoms with E-state index in [9.17, 15) is 0 Å². The van der Waals surface area contributed by atoms with E-state index in [1.165, 1.54) is 6.42 Å². The summed E-state index contributed by atoms with van der Waals surface area (Å²) in [6.45, 7) is 8.94. The highest BCUT2D eigenvalue weighted by molar-refractivity contribution is 5.42. The molecule has 4 heteroatoms. The van der Waals surface area contributed by atoms with Crippen LogP contribution in [0.5, 0.6) is 0 Å². The standard InChI is InChI=1S/C6H14.CH3NO.H4N2/c1-5-6(2,3)4;2-1-3;1-2/h5H2,1-4H3;1H,(H2,2,3);1-2H2. The molecule has 0 aromatic carbocycles. The summed E-state index contributed by atoms with van der Waals surface area (Å²) in [5.41, 5.74) is 4.71. The third kappa shape index (κ3) is 89.8. The highest BCUT2D eigenvalue weighted by atomic mass is 16.1. The van der Waals surface area contributed by atoms with Crippen LogP contribution in [0, 0.1) is 5.41 Å². The first-order valence-electron chi connectivity index (χ1n) is 3.46. The maximum Gasteiger partial charge on any atom is 0.204 e. The number of amides is 1. The van der Waals surface area contributed by atoms with Crippen LogP contribution in [-0.2, 0) is 4.79 Å². The molecule has 0 rings (SSSR count). The highest BCUT2D eigenvalue weighted by Crippen LogP contribution is 2.16. The summed E-state index contributed by atoms with van der Waals surface area (Å²) >= 11 is 0. The quantitative estimate of drug-likeness (QED) is 0.273. The fourth-order valence-electron chi connectivity index (χ4n) is 0. The molecule has 11 heavy (non-hydrogen) atoms. The van der Waals surface area contributed by atoms with Gasteiger partial charge in [-0.25, -0.2) is 0 Å². The zero-order valence-corrected chi connectivity index (χ0v) is 7.92. The predicted octanol–water partition coefficient (Wildman–Crippen LogP) is 0.363. The molecule has 0 saturated heterocycles. The lowest BCUT2D eigenvalue weighted by atomic mass is 9.94. The Labute approximate surface area is 69.1 Å². The van der Waals surface area contributed by atoms with Gasteiger partial charge >= 0.3 is 0 Å². The molecule has 70 valence electrons. The average molecular weight is 163 g/mol. The first-order chi connectivity index (χ1) is 4.97. The fourth-order valence-corrected chi connectivity index (χ4v) is 0. The first-order valence-corrected chi connectivity index (χ1v) is 3.46. The average Bonchev–Trinajstić information content (AvgIpc) is 1.93. The molecule has 0 unspecified atom stereocenters. The number of primary amides is 1. The van der Waals surface area contributed by atoms with Gasteiger partial charge in [-0.2, -0.15) is 0 Å². The molecule has 0 heterocycles. The van der Waals surface area contributed by atoms with Crippen molar-refractivity contribution >= 4 is 6.41 Å². The van der Waals surface area contributed by atoms with E-state index < -0.39 is 0 Å². The summed E-state index contributed by atoms with van der Waals surface area (Å²) in [7, 11) is 0. The Balaban J connectivity index is -0.000000109. The Morgan fingerprint density at radius 2 is 1.36 bits per heavy atom. The van der Waals surface area contributed by atoms with Gasteiger partial charge in [-0.1, -0.05) is 34.1 Å². The van der Waals surface area contributed by atoms with Gasteiger partial charge in [0.15, 0.2) is 0 Å². The molecule has 0 saturated carbocycles. The second-order valence-corrected chi connectivity index (χ2v) is 3.05. The van der Waals surface area contributed by atoms with Gasteiger partial charge in [-0.3, -0.25) is 16.5 Å². The van der Waals surface area contributed by atoms with E-state index in [-0.39, 0.29) is 6.41 Å². The number of hydrogen-bond acceptors (Lipinski definition) is 3. The summed E-state index contributed by atoms with van der Waals surface area (Å²) in [6.07, 6.45) is 1.52. The van der Waals surface area contributed by atoms with Gasteiger partial charge < -0.3 is 5.73 Å². The predicted molar refractivity (Wildman–Crippen MR) is 48.4 cm³/mol. The topological polar surface area (TPSA) is 95.1 Å². The van der Waals surface area contributed by atoms with Crippen LogP contribution in [0.25, 0.3) is 0 Å². The normalized spacial score (nSPS) is 8.18. The summed E-state index contributed by atoms with van der Waals surface area (Å²) in [4.78, 5) is 8.58. The van der Waals surface area contributed by atoms with Gasteiger partial charge in [0.05, 0.1) is 0 Å². The van der Waals surface area contributed by atoms with Crippen molar-refractivity contribution in [2.75, 3.05) is 0 Å². The van der Waals surface area contributed by atoms with Gasteiger partial charge in [0, 0.05) is 0 Å². The third-order valence-electron chi connectivity index (χ3n) is 1.06. The van der Waals surface area contributed by atoms with E-state index in [0.717, 1.165) is 0 Å². The van der Waals surface area contributed by atoms with Crippen molar-refractivity contribution in [3.05, 3.63) is 0 Å². The van der Waals surface area contributed by atoms with Crippen molar-refractivity contribution in [1.29, 1.82) is 0 Å². The molecule has 0 aliphatic heterocycles. The van der Waals surface area contributed by atoms with Crippen LogP contribution in [0.2, 0.25) is 0 Å². The Morgan fingerprint density at radius 3 is 1.36 bits per heavy atom. The van der Waals surface area contributed by atoms with E-state index >= 15 is 0 Å². The van der Waals surface area contributed by atoms with Crippen LogP contribution in [0.3, 0.4) is 0 Å². The summed E-state index contributed by atoms with van der Waals surface area (Å²) in [6, 6.07) is 0. The van der Waals surface area contributed by atoms with Crippen LogP contribution in [0.1, 0.15) is 34.1 Å². The Kier molecular flexibility index (Phi) is 18.5. The van der Waals surface area contributed by atoms with E-state index in [1.807, 2.05) is 0 Å². The molecule has 6 N–H and O–H groups in total.